The number of hydrogen-bond donors (Lipinski definition) is 1. The van der Waals surface area contributed by atoms with Gasteiger partial charge in [-0.1, -0.05) is 12.1 Å². The van der Waals surface area contributed by atoms with Crippen LogP contribution in [0.5, 0.6) is 5.75 Å². The first kappa shape index (κ1) is 12.8. The number of hydrogen-bond acceptors (Lipinski definition) is 3. The van der Waals surface area contributed by atoms with Gasteiger partial charge >= 0.3 is 0 Å². The fourth-order valence-corrected chi connectivity index (χ4v) is 2.31. The van der Waals surface area contributed by atoms with E-state index in [1.165, 1.54) is 5.56 Å². The molecule has 0 atom stereocenters. The van der Waals surface area contributed by atoms with Crippen LogP contribution in [-0.4, -0.2) is 18.1 Å². The van der Waals surface area contributed by atoms with E-state index in [1.807, 2.05) is 12.1 Å². The molecule has 0 saturated carbocycles. The lowest BCUT2D eigenvalue weighted by Crippen LogP contribution is -2.08. The van der Waals surface area contributed by atoms with Gasteiger partial charge < -0.3 is 10.1 Å². The van der Waals surface area contributed by atoms with E-state index in [2.05, 4.69) is 16.4 Å². The molecule has 1 N–H and O–H groups in total. The molecule has 5 heteroatoms. The number of aromatic nitrogens is 1. The lowest BCUT2D eigenvalue weighted by atomic mass is 10.1. The van der Waals surface area contributed by atoms with Crippen LogP contribution in [0.4, 0.5) is 14.5 Å². The van der Waals surface area contributed by atoms with Crippen LogP contribution in [0.2, 0.25) is 0 Å². The van der Waals surface area contributed by atoms with Crippen molar-refractivity contribution in [3.05, 3.63) is 53.4 Å². The quantitative estimate of drug-likeness (QED) is 0.932. The Hall–Kier alpha value is -2.17. The molecule has 0 radical (unpaired) electrons. The maximum absolute atomic E-state index is 13.4. The summed E-state index contributed by atoms with van der Waals surface area (Å²) in [7, 11) is 0. The first-order valence-corrected chi connectivity index (χ1v) is 6.51. The zero-order chi connectivity index (χ0) is 13.9. The van der Waals surface area contributed by atoms with Crippen molar-refractivity contribution in [2.75, 3.05) is 18.5 Å². The van der Waals surface area contributed by atoms with Crippen LogP contribution in [0.25, 0.3) is 0 Å². The maximum Gasteiger partial charge on any atom is 0.167 e. The van der Waals surface area contributed by atoms with Gasteiger partial charge in [-0.25, -0.2) is 8.78 Å². The number of anilines is 1. The molecule has 0 aliphatic carbocycles. The SMILES string of the molecule is Fc1cncc(F)c1NCCc1ccc2c(c1)CCO2. The van der Waals surface area contributed by atoms with Crippen LogP contribution in [0.15, 0.2) is 30.6 Å². The van der Waals surface area contributed by atoms with E-state index in [-0.39, 0.29) is 5.69 Å². The fraction of sp³-hybridized carbons (Fsp3) is 0.267. The molecule has 104 valence electrons. The van der Waals surface area contributed by atoms with E-state index in [1.54, 1.807) is 0 Å². The van der Waals surface area contributed by atoms with Crippen molar-refractivity contribution in [3.8, 4) is 5.75 Å². The Morgan fingerprint density at radius 3 is 2.80 bits per heavy atom. The molecule has 1 aromatic carbocycles. The Labute approximate surface area is 115 Å². The molecule has 1 aromatic heterocycles. The molecule has 0 unspecified atom stereocenters. The largest absolute Gasteiger partial charge is 0.493 e. The van der Waals surface area contributed by atoms with Gasteiger partial charge in [-0.05, 0) is 23.6 Å². The van der Waals surface area contributed by atoms with Gasteiger partial charge in [-0.2, -0.15) is 0 Å². The minimum absolute atomic E-state index is 0.121. The molecule has 0 fully saturated rings. The Morgan fingerprint density at radius 1 is 1.20 bits per heavy atom. The molecule has 1 aliphatic heterocycles. The second kappa shape index (κ2) is 5.45. The first-order valence-electron chi connectivity index (χ1n) is 6.51. The molecule has 3 rings (SSSR count). The number of ether oxygens (including phenoxy) is 1. The van der Waals surface area contributed by atoms with Gasteiger partial charge in [-0.3, -0.25) is 4.98 Å². The Kier molecular flexibility index (Phi) is 3.50. The molecule has 0 spiro atoms. The van der Waals surface area contributed by atoms with Crippen LogP contribution in [0.3, 0.4) is 0 Å². The number of pyridine rings is 1. The summed E-state index contributed by atoms with van der Waals surface area (Å²) < 4.78 is 32.2. The van der Waals surface area contributed by atoms with E-state index in [0.29, 0.717) is 13.0 Å². The lowest BCUT2D eigenvalue weighted by Gasteiger charge is -2.09. The van der Waals surface area contributed by atoms with Gasteiger partial charge in [-0.15, -0.1) is 0 Å². The molecule has 2 heterocycles. The standard InChI is InChI=1S/C15H14F2N2O/c16-12-8-18-9-13(17)15(12)19-5-3-10-1-2-14-11(7-10)4-6-20-14/h1-2,7-9H,3-6H2,(H,18,19). The number of benzene rings is 1. The van der Waals surface area contributed by atoms with Gasteiger partial charge in [0, 0.05) is 13.0 Å². The zero-order valence-corrected chi connectivity index (χ0v) is 10.8. The van der Waals surface area contributed by atoms with Gasteiger partial charge in [0.15, 0.2) is 11.6 Å². The normalized spacial score (nSPS) is 12.9. The van der Waals surface area contributed by atoms with Crippen LogP contribution < -0.4 is 10.1 Å². The Bertz CT molecular complexity index is 611. The highest BCUT2D eigenvalue weighted by molar-refractivity contribution is 5.45. The van der Waals surface area contributed by atoms with Crippen LogP contribution in [0, 0.1) is 11.6 Å². The third-order valence-corrected chi connectivity index (χ3v) is 3.32. The van der Waals surface area contributed by atoms with Crippen molar-refractivity contribution >= 4 is 5.69 Å². The first-order chi connectivity index (χ1) is 9.74. The summed E-state index contributed by atoms with van der Waals surface area (Å²) in [5.74, 6) is -0.410. The highest BCUT2D eigenvalue weighted by atomic mass is 19.1. The van der Waals surface area contributed by atoms with Crippen molar-refractivity contribution < 1.29 is 13.5 Å². The number of rotatable bonds is 4. The topological polar surface area (TPSA) is 34.2 Å². The number of nitrogens with one attached hydrogen (secondary N) is 1. The van der Waals surface area contributed by atoms with E-state index in [0.717, 1.165) is 36.7 Å². The van der Waals surface area contributed by atoms with Crippen LogP contribution in [0.1, 0.15) is 11.1 Å². The second-order valence-electron chi connectivity index (χ2n) is 4.70. The molecule has 0 amide bonds. The van der Waals surface area contributed by atoms with Crippen LogP contribution >= 0.6 is 0 Å². The molecule has 0 saturated heterocycles. The minimum atomic E-state index is -0.674. The predicted octanol–water partition coefficient (Wildman–Crippen LogP) is 2.95. The average molecular weight is 276 g/mol. The van der Waals surface area contributed by atoms with E-state index in [4.69, 9.17) is 4.74 Å². The highest BCUT2D eigenvalue weighted by Gasteiger charge is 2.12. The van der Waals surface area contributed by atoms with Crippen molar-refractivity contribution in [3.63, 3.8) is 0 Å². The van der Waals surface area contributed by atoms with Gasteiger partial charge in [0.2, 0.25) is 0 Å². The number of nitrogens with zero attached hydrogens (tertiary/aromatic N) is 1. The third-order valence-electron chi connectivity index (χ3n) is 3.32. The smallest absolute Gasteiger partial charge is 0.167 e. The van der Waals surface area contributed by atoms with Crippen molar-refractivity contribution in [1.82, 2.24) is 4.98 Å². The number of fused-ring (bicyclic) bond motifs is 1. The molecule has 1 aliphatic rings. The van der Waals surface area contributed by atoms with Crippen molar-refractivity contribution in [1.29, 1.82) is 0 Å². The molecular weight excluding hydrogens is 262 g/mol. The van der Waals surface area contributed by atoms with Gasteiger partial charge in [0.25, 0.3) is 0 Å². The summed E-state index contributed by atoms with van der Waals surface area (Å²) in [6, 6.07) is 6.01. The summed E-state index contributed by atoms with van der Waals surface area (Å²) in [6.45, 7) is 1.18. The third kappa shape index (κ3) is 2.57. The van der Waals surface area contributed by atoms with E-state index < -0.39 is 11.6 Å². The predicted molar refractivity (Wildman–Crippen MR) is 72.0 cm³/mol. The molecule has 20 heavy (non-hydrogen) atoms. The molecular formula is C15H14F2N2O. The Morgan fingerprint density at radius 2 is 2.00 bits per heavy atom. The van der Waals surface area contributed by atoms with Crippen molar-refractivity contribution in [2.24, 2.45) is 0 Å². The van der Waals surface area contributed by atoms with Crippen LogP contribution in [-0.2, 0) is 12.8 Å². The second-order valence-corrected chi connectivity index (χ2v) is 4.70. The van der Waals surface area contributed by atoms with E-state index >= 15 is 0 Å². The summed E-state index contributed by atoms with van der Waals surface area (Å²) >= 11 is 0. The van der Waals surface area contributed by atoms with Gasteiger partial charge in [0.1, 0.15) is 11.4 Å². The lowest BCUT2D eigenvalue weighted by molar-refractivity contribution is 0.357. The maximum atomic E-state index is 13.4. The monoisotopic (exact) mass is 276 g/mol. The summed E-state index contributed by atoms with van der Waals surface area (Å²) in [6.07, 6.45) is 3.61. The Balaban J connectivity index is 1.63. The minimum Gasteiger partial charge on any atom is -0.493 e. The molecule has 0 bridgehead atoms. The fourth-order valence-electron chi connectivity index (χ4n) is 2.31. The van der Waals surface area contributed by atoms with Gasteiger partial charge in [0.05, 0.1) is 19.0 Å². The summed E-state index contributed by atoms with van der Waals surface area (Å²) in [4.78, 5) is 3.45. The van der Waals surface area contributed by atoms with Crippen molar-refractivity contribution in [2.45, 2.75) is 12.8 Å². The summed E-state index contributed by atoms with van der Waals surface area (Å²) in [5, 5.41) is 2.78. The molecule has 2 aromatic rings. The van der Waals surface area contributed by atoms with E-state index in [9.17, 15) is 8.78 Å². The highest BCUT2D eigenvalue weighted by Crippen LogP contribution is 2.26. The average Bonchev–Trinajstić information content (AvgIpc) is 2.89. The number of halogens is 2. The summed E-state index contributed by atoms with van der Waals surface area (Å²) in [5.41, 5.74) is 2.20. The molecule has 3 nitrogen and oxygen atoms in total. The zero-order valence-electron chi connectivity index (χ0n) is 10.8.